The Hall–Kier alpha value is -1.68. The van der Waals surface area contributed by atoms with Crippen molar-refractivity contribution in [3.8, 4) is 6.07 Å². The van der Waals surface area contributed by atoms with Crippen LogP contribution < -0.4 is 4.72 Å². The molecule has 0 unspecified atom stereocenters. The van der Waals surface area contributed by atoms with Crippen LogP contribution in [0, 0.1) is 18.3 Å². The molecular weight excluding hydrogens is 238 g/mol. The molecule has 0 aromatic heterocycles. The highest BCUT2D eigenvalue weighted by Crippen LogP contribution is 2.19. The molecule has 86 valence electrons. The van der Waals surface area contributed by atoms with Gasteiger partial charge in [-0.25, -0.2) is 8.42 Å². The molecule has 4 nitrogen and oxygen atoms in total. The normalized spacial score (nSPS) is 11.2. The van der Waals surface area contributed by atoms with E-state index in [0.717, 1.165) is 0 Å². The van der Waals surface area contributed by atoms with E-state index in [4.69, 9.17) is 5.26 Å². The summed E-state index contributed by atoms with van der Waals surface area (Å²) in [5.41, 5.74) is 0.639. The standard InChI is InChI=1S/C9H8F2N2O2S/c1-6-2-3-7(5-12)4-8(6)13-16(14,15)9(10)11/h2-4,9,13H,1H3. The highest BCUT2D eigenvalue weighted by Gasteiger charge is 2.24. The number of nitriles is 1. The second kappa shape index (κ2) is 4.45. The summed E-state index contributed by atoms with van der Waals surface area (Å²) < 4.78 is 47.7. The van der Waals surface area contributed by atoms with Crippen LogP contribution in [0.25, 0.3) is 0 Å². The molecule has 0 radical (unpaired) electrons. The summed E-state index contributed by atoms with van der Waals surface area (Å²) in [5.74, 6) is -3.50. The molecule has 0 spiro atoms. The number of sulfonamides is 1. The van der Waals surface area contributed by atoms with Crippen molar-refractivity contribution in [2.45, 2.75) is 12.7 Å². The molecule has 1 N–H and O–H groups in total. The molecule has 0 aliphatic heterocycles. The van der Waals surface area contributed by atoms with E-state index in [2.05, 4.69) is 0 Å². The molecule has 0 heterocycles. The number of benzene rings is 1. The van der Waals surface area contributed by atoms with Gasteiger partial charge in [-0.05, 0) is 24.6 Å². The average Bonchev–Trinajstić information content (AvgIpc) is 2.21. The zero-order chi connectivity index (χ0) is 12.3. The molecule has 1 rings (SSSR count). The second-order valence-corrected chi connectivity index (χ2v) is 4.70. The number of nitrogens with one attached hydrogen (secondary N) is 1. The molecule has 1 aromatic carbocycles. The van der Waals surface area contributed by atoms with Crippen molar-refractivity contribution < 1.29 is 17.2 Å². The van der Waals surface area contributed by atoms with Crippen molar-refractivity contribution >= 4 is 15.7 Å². The third-order valence-electron chi connectivity index (χ3n) is 1.85. The third-order valence-corrected chi connectivity index (χ3v) is 2.83. The Morgan fingerprint density at radius 1 is 1.44 bits per heavy atom. The number of alkyl halides is 2. The predicted octanol–water partition coefficient (Wildman–Crippen LogP) is 1.83. The molecule has 0 aliphatic carbocycles. The van der Waals surface area contributed by atoms with Gasteiger partial charge in [0.2, 0.25) is 0 Å². The van der Waals surface area contributed by atoms with Gasteiger partial charge in [-0.15, -0.1) is 0 Å². The first-order valence-electron chi connectivity index (χ1n) is 4.17. The Morgan fingerprint density at radius 2 is 2.06 bits per heavy atom. The van der Waals surface area contributed by atoms with E-state index in [1.54, 1.807) is 17.7 Å². The van der Waals surface area contributed by atoms with Gasteiger partial charge in [0, 0.05) is 0 Å². The lowest BCUT2D eigenvalue weighted by Gasteiger charge is -2.09. The molecule has 0 aliphatic rings. The van der Waals surface area contributed by atoms with Crippen LogP contribution in [0.5, 0.6) is 0 Å². The monoisotopic (exact) mass is 246 g/mol. The Kier molecular flexibility index (Phi) is 3.44. The molecule has 0 saturated heterocycles. The van der Waals surface area contributed by atoms with Gasteiger partial charge < -0.3 is 0 Å². The number of anilines is 1. The van der Waals surface area contributed by atoms with Gasteiger partial charge in [0.1, 0.15) is 0 Å². The Balaban J connectivity index is 3.12. The minimum Gasteiger partial charge on any atom is -0.278 e. The molecule has 0 fully saturated rings. The number of hydrogen-bond acceptors (Lipinski definition) is 3. The number of halogens is 2. The van der Waals surface area contributed by atoms with Crippen LogP contribution >= 0.6 is 0 Å². The third kappa shape index (κ3) is 2.67. The second-order valence-electron chi connectivity index (χ2n) is 3.05. The molecule has 1 aromatic rings. The number of nitrogens with zero attached hydrogens (tertiary/aromatic N) is 1. The van der Waals surface area contributed by atoms with E-state index < -0.39 is 15.8 Å². The van der Waals surface area contributed by atoms with Crippen LogP contribution in [-0.4, -0.2) is 14.2 Å². The first-order valence-corrected chi connectivity index (χ1v) is 5.72. The quantitative estimate of drug-likeness (QED) is 0.884. The maximum atomic E-state index is 12.1. The minimum absolute atomic E-state index is 0.0145. The van der Waals surface area contributed by atoms with Crippen LogP contribution in [0.15, 0.2) is 18.2 Å². The van der Waals surface area contributed by atoms with Crippen molar-refractivity contribution in [2.24, 2.45) is 0 Å². The van der Waals surface area contributed by atoms with Crippen LogP contribution in [-0.2, 0) is 10.0 Å². The molecular formula is C9H8F2N2O2S. The van der Waals surface area contributed by atoms with Crippen molar-refractivity contribution in [1.82, 2.24) is 0 Å². The van der Waals surface area contributed by atoms with Gasteiger partial charge in [0.05, 0.1) is 17.3 Å². The summed E-state index contributed by atoms with van der Waals surface area (Å²) >= 11 is 0. The molecule has 0 amide bonds. The largest absolute Gasteiger partial charge is 0.355 e. The predicted molar refractivity (Wildman–Crippen MR) is 54.4 cm³/mol. The first kappa shape index (κ1) is 12.4. The van der Waals surface area contributed by atoms with Crippen LogP contribution in [0.3, 0.4) is 0 Å². The van der Waals surface area contributed by atoms with Crippen molar-refractivity contribution in [3.05, 3.63) is 29.3 Å². The Labute approximate surface area is 91.6 Å². The molecule has 16 heavy (non-hydrogen) atoms. The fraction of sp³-hybridized carbons (Fsp3) is 0.222. The summed E-state index contributed by atoms with van der Waals surface area (Å²) in [6.45, 7) is 1.55. The van der Waals surface area contributed by atoms with Gasteiger partial charge in [-0.2, -0.15) is 14.0 Å². The van der Waals surface area contributed by atoms with Crippen LogP contribution in [0.1, 0.15) is 11.1 Å². The summed E-state index contributed by atoms with van der Waals surface area (Å²) in [6.07, 6.45) is 0. The average molecular weight is 246 g/mol. The first-order chi connectivity index (χ1) is 7.36. The lowest BCUT2D eigenvalue weighted by atomic mass is 10.1. The topological polar surface area (TPSA) is 70.0 Å². The highest BCUT2D eigenvalue weighted by molar-refractivity contribution is 7.93. The zero-order valence-electron chi connectivity index (χ0n) is 8.24. The number of rotatable bonds is 3. The maximum Gasteiger partial charge on any atom is 0.355 e. The summed E-state index contributed by atoms with van der Waals surface area (Å²) in [6, 6.07) is 5.93. The smallest absolute Gasteiger partial charge is 0.278 e. The van der Waals surface area contributed by atoms with E-state index in [9.17, 15) is 17.2 Å². The van der Waals surface area contributed by atoms with E-state index >= 15 is 0 Å². The van der Waals surface area contributed by atoms with Gasteiger partial charge >= 0.3 is 5.76 Å². The SMILES string of the molecule is Cc1ccc(C#N)cc1NS(=O)(=O)C(F)F. The molecule has 0 saturated carbocycles. The van der Waals surface area contributed by atoms with E-state index in [-0.39, 0.29) is 11.3 Å². The van der Waals surface area contributed by atoms with Gasteiger partial charge in [0.15, 0.2) is 0 Å². The summed E-state index contributed by atoms with van der Waals surface area (Å²) in [7, 11) is -4.69. The van der Waals surface area contributed by atoms with E-state index in [0.29, 0.717) is 5.56 Å². The van der Waals surface area contributed by atoms with Gasteiger partial charge in [-0.1, -0.05) is 6.07 Å². The van der Waals surface area contributed by atoms with E-state index in [1.807, 2.05) is 0 Å². The van der Waals surface area contributed by atoms with Crippen LogP contribution in [0.4, 0.5) is 14.5 Å². The number of hydrogen-bond donors (Lipinski definition) is 1. The molecule has 0 bridgehead atoms. The lowest BCUT2D eigenvalue weighted by molar-refractivity contribution is 0.236. The van der Waals surface area contributed by atoms with Crippen molar-refractivity contribution in [1.29, 1.82) is 5.26 Å². The fourth-order valence-electron chi connectivity index (χ4n) is 0.999. The molecule has 7 heteroatoms. The van der Waals surface area contributed by atoms with Crippen molar-refractivity contribution in [2.75, 3.05) is 4.72 Å². The van der Waals surface area contributed by atoms with Crippen LogP contribution in [0.2, 0.25) is 0 Å². The highest BCUT2D eigenvalue weighted by atomic mass is 32.2. The fourth-order valence-corrected chi connectivity index (χ4v) is 1.61. The minimum atomic E-state index is -4.69. The van der Waals surface area contributed by atoms with Gasteiger partial charge in [0.25, 0.3) is 10.0 Å². The summed E-state index contributed by atoms with van der Waals surface area (Å²) in [4.78, 5) is 0. The Bertz CT molecular complexity index is 535. The Morgan fingerprint density at radius 3 is 2.56 bits per heavy atom. The lowest BCUT2D eigenvalue weighted by Crippen LogP contribution is -2.21. The van der Waals surface area contributed by atoms with E-state index in [1.165, 1.54) is 18.2 Å². The van der Waals surface area contributed by atoms with Crippen molar-refractivity contribution in [3.63, 3.8) is 0 Å². The number of aryl methyl sites for hydroxylation is 1. The van der Waals surface area contributed by atoms with Gasteiger partial charge in [-0.3, -0.25) is 4.72 Å². The zero-order valence-corrected chi connectivity index (χ0v) is 9.05. The molecule has 0 atom stereocenters. The summed E-state index contributed by atoms with van der Waals surface area (Å²) in [5, 5.41) is 8.59. The maximum absolute atomic E-state index is 12.1.